The van der Waals surface area contributed by atoms with Crippen LogP contribution in [0.5, 0.6) is 0 Å². The summed E-state index contributed by atoms with van der Waals surface area (Å²) in [6, 6.07) is 0. The lowest BCUT2D eigenvalue weighted by molar-refractivity contribution is -0.219. The number of hydrogen-bond donors (Lipinski definition) is 1. The molecule has 9 heavy (non-hydrogen) atoms. The number of aliphatic hydroxyl groups is 1. The molecule has 54 valence electrons. The van der Waals surface area contributed by atoms with Gasteiger partial charge in [0.25, 0.3) is 0 Å². The molecule has 2 unspecified atom stereocenters. The lowest BCUT2D eigenvalue weighted by Crippen LogP contribution is -2.42. The Morgan fingerprint density at radius 2 is 1.67 bits per heavy atom. The second-order valence-electron chi connectivity index (χ2n) is 2.35. The lowest BCUT2D eigenvalue weighted by Gasteiger charge is -2.30. The van der Waals surface area contributed by atoms with E-state index in [1.54, 1.807) is 0 Å². The summed E-state index contributed by atoms with van der Waals surface area (Å²) in [5.74, 6) is 0. The summed E-state index contributed by atoms with van der Waals surface area (Å²) in [5, 5.41) is 9.20. The predicted molar refractivity (Wildman–Crippen MR) is 32.0 cm³/mol. The number of aliphatic hydroxyl groups excluding tert-OH is 1. The molecular weight excluding hydrogens is 120 g/mol. The Kier molecular flexibility index (Phi) is 2.05. The highest BCUT2D eigenvalue weighted by Crippen LogP contribution is 2.12. The average molecular weight is 132 g/mol. The maximum Gasteiger partial charge on any atom is 0.147 e. The summed E-state index contributed by atoms with van der Waals surface area (Å²) in [6.45, 7) is 3.98. The number of ether oxygens (including phenoxy) is 2. The maximum absolute atomic E-state index is 9.20. The Balaban J connectivity index is 2.41. The molecule has 1 fully saturated rings. The van der Waals surface area contributed by atoms with Gasteiger partial charge < -0.3 is 14.6 Å². The van der Waals surface area contributed by atoms with Crippen molar-refractivity contribution in [2.45, 2.75) is 32.2 Å². The van der Waals surface area contributed by atoms with E-state index in [1.807, 2.05) is 13.8 Å². The van der Waals surface area contributed by atoms with E-state index >= 15 is 0 Å². The van der Waals surface area contributed by atoms with Crippen molar-refractivity contribution in [1.82, 2.24) is 0 Å². The summed E-state index contributed by atoms with van der Waals surface area (Å²) < 4.78 is 9.98. The first kappa shape index (κ1) is 6.99. The molecule has 0 aromatic carbocycles. The topological polar surface area (TPSA) is 38.7 Å². The highest BCUT2D eigenvalue weighted by atomic mass is 16.7. The molecule has 0 amide bonds. The van der Waals surface area contributed by atoms with Gasteiger partial charge in [0.1, 0.15) is 12.9 Å². The summed E-state index contributed by atoms with van der Waals surface area (Å²) in [7, 11) is 0. The largest absolute Gasteiger partial charge is 0.388 e. The molecule has 1 heterocycles. The van der Waals surface area contributed by atoms with Crippen LogP contribution in [-0.4, -0.2) is 30.2 Å². The fraction of sp³-hybridized carbons (Fsp3) is 1.00. The van der Waals surface area contributed by atoms with Gasteiger partial charge in [0.05, 0.1) is 12.2 Å². The van der Waals surface area contributed by atoms with Gasteiger partial charge in [-0.05, 0) is 13.8 Å². The van der Waals surface area contributed by atoms with Gasteiger partial charge in [0.2, 0.25) is 0 Å². The Morgan fingerprint density at radius 1 is 1.22 bits per heavy atom. The highest BCUT2D eigenvalue weighted by molar-refractivity contribution is 4.72. The summed E-state index contributed by atoms with van der Waals surface area (Å²) in [5.41, 5.74) is 0. The Bertz CT molecular complexity index is 84.3. The smallest absolute Gasteiger partial charge is 0.147 e. The first-order chi connectivity index (χ1) is 4.22. The van der Waals surface area contributed by atoms with Gasteiger partial charge in [-0.1, -0.05) is 0 Å². The Labute approximate surface area is 54.6 Å². The highest BCUT2D eigenvalue weighted by Gasteiger charge is 2.26. The third-order valence-corrected chi connectivity index (χ3v) is 1.62. The molecule has 1 aliphatic heterocycles. The third-order valence-electron chi connectivity index (χ3n) is 1.62. The van der Waals surface area contributed by atoms with Gasteiger partial charge in [-0.15, -0.1) is 0 Å². The summed E-state index contributed by atoms with van der Waals surface area (Å²) in [6.07, 6.45) is -0.652. The normalized spacial score (nSPS) is 45.0. The minimum atomic E-state index is -0.473. The molecule has 0 spiro atoms. The van der Waals surface area contributed by atoms with E-state index in [2.05, 4.69) is 0 Å². The van der Waals surface area contributed by atoms with Crippen molar-refractivity contribution in [2.24, 2.45) is 0 Å². The molecule has 1 saturated heterocycles. The van der Waals surface area contributed by atoms with Gasteiger partial charge in [-0.2, -0.15) is 0 Å². The van der Waals surface area contributed by atoms with Gasteiger partial charge in [-0.25, -0.2) is 0 Å². The SMILES string of the molecule is CC1OCO[C@@H](C)C1O. The van der Waals surface area contributed by atoms with E-state index in [9.17, 15) is 5.11 Å². The van der Waals surface area contributed by atoms with Crippen LogP contribution in [0.4, 0.5) is 0 Å². The molecule has 0 aromatic heterocycles. The first-order valence-electron chi connectivity index (χ1n) is 3.13. The molecule has 0 aromatic rings. The Morgan fingerprint density at radius 3 is 2.00 bits per heavy atom. The standard InChI is InChI=1S/C6H12O3/c1-4-6(7)5(2)9-3-8-4/h4-7H,3H2,1-2H3/t4-,5?,6?/m0/s1. The van der Waals surface area contributed by atoms with Crippen LogP contribution < -0.4 is 0 Å². The molecule has 0 radical (unpaired) electrons. The number of hydrogen-bond acceptors (Lipinski definition) is 3. The molecule has 1 N–H and O–H groups in total. The van der Waals surface area contributed by atoms with Crippen LogP contribution in [0.3, 0.4) is 0 Å². The van der Waals surface area contributed by atoms with Crippen LogP contribution in [-0.2, 0) is 9.47 Å². The van der Waals surface area contributed by atoms with Crippen LogP contribution in [0.15, 0.2) is 0 Å². The van der Waals surface area contributed by atoms with Crippen LogP contribution in [0.25, 0.3) is 0 Å². The van der Waals surface area contributed by atoms with Crippen LogP contribution in [0.2, 0.25) is 0 Å². The van der Waals surface area contributed by atoms with Crippen molar-refractivity contribution in [2.75, 3.05) is 6.79 Å². The second-order valence-corrected chi connectivity index (χ2v) is 2.35. The van der Waals surface area contributed by atoms with E-state index in [4.69, 9.17) is 9.47 Å². The molecule has 3 nitrogen and oxygen atoms in total. The van der Waals surface area contributed by atoms with Crippen LogP contribution in [0, 0.1) is 0 Å². The van der Waals surface area contributed by atoms with Crippen molar-refractivity contribution >= 4 is 0 Å². The summed E-state index contributed by atoms with van der Waals surface area (Å²) in [4.78, 5) is 0. The van der Waals surface area contributed by atoms with E-state index in [-0.39, 0.29) is 12.2 Å². The molecule has 0 bridgehead atoms. The third kappa shape index (κ3) is 1.41. The molecule has 1 aliphatic rings. The predicted octanol–water partition coefficient (Wildman–Crippen LogP) is 0.129. The lowest BCUT2D eigenvalue weighted by atomic mass is 10.1. The van der Waals surface area contributed by atoms with E-state index < -0.39 is 6.10 Å². The van der Waals surface area contributed by atoms with Crippen molar-refractivity contribution in [3.63, 3.8) is 0 Å². The van der Waals surface area contributed by atoms with Gasteiger partial charge in [-0.3, -0.25) is 0 Å². The zero-order valence-corrected chi connectivity index (χ0v) is 5.70. The quantitative estimate of drug-likeness (QED) is 0.509. The Hall–Kier alpha value is -0.120. The first-order valence-corrected chi connectivity index (χ1v) is 3.13. The maximum atomic E-state index is 9.20. The fourth-order valence-electron chi connectivity index (χ4n) is 0.833. The molecular formula is C6H12O3. The van der Waals surface area contributed by atoms with Crippen LogP contribution >= 0.6 is 0 Å². The van der Waals surface area contributed by atoms with E-state index in [0.717, 1.165) is 0 Å². The van der Waals surface area contributed by atoms with Crippen LogP contribution in [0.1, 0.15) is 13.8 Å². The molecule has 0 aliphatic carbocycles. The average Bonchev–Trinajstić information content (AvgIpc) is 1.83. The molecule has 0 saturated carbocycles. The van der Waals surface area contributed by atoms with E-state index in [1.165, 1.54) is 0 Å². The van der Waals surface area contributed by atoms with Gasteiger partial charge in [0.15, 0.2) is 0 Å². The zero-order chi connectivity index (χ0) is 6.85. The van der Waals surface area contributed by atoms with Gasteiger partial charge in [0, 0.05) is 0 Å². The number of rotatable bonds is 0. The monoisotopic (exact) mass is 132 g/mol. The molecule has 3 heteroatoms. The fourth-order valence-corrected chi connectivity index (χ4v) is 0.833. The van der Waals surface area contributed by atoms with E-state index in [0.29, 0.717) is 6.79 Å². The minimum absolute atomic E-state index is 0.0891. The summed E-state index contributed by atoms with van der Waals surface area (Å²) >= 11 is 0. The van der Waals surface area contributed by atoms with Gasteiger partial charge >= 0.3 is 0 Å². The van der Waals surface area contributed by atoms with Crippen molar-refractivity contribution in [1.29, 1.82) is 0 Å². The molecule has 1 rings (SSSR count). The molecule has 3 atom stereocenters. The van der Waals surface area contributed by atoms with Crippen molar-refractivity contribution < 1.29 is 14.6 Å². The minimum Gasteiger partial charge on any atom is -0.388 e. The van der Waals surface area contributed by atoms with Crippen molar-refractivity contribution in [3.05, 3.63) is 0 Å². The van der Waals surface area contributed by atoms with Crippen molar-refractivity contribution in [3.8, 4) is 0 Å². The zero-order valence-electron chi connectivity index (χ0n) is 5.70. The second kappa shape index (κ2) is 2.64.